The summed E-state index contributed by atoms with van der Waals surface area (Å²) < 4.78 is 5.37. The smallest absolute Gasteiger partial charge is 0.408 e. The van der Waals surface area contributed by atoms with Crippen molar-refractivity contribution in [3.05, 3.63) is 179 Å². The largest absolute Gasteiger partial charge is 0.445 e. The Morgan fingerprint density at radius 2 is 1.12 bits per heavy atom. The van der Waals surface area contributed by atoms with Gasteiger partial charge in [-0.1, -0.05) is 152 Å². The summed E-state index contributed by atoms with van der Waals surface area (Å²) >= 11 is 6.42. The van der Waals surface area contributed by atoms with Gasteiger partial charge in [-0.15, -0.1) is 11.6 Å². The maximum Gasteiger partial charge on any atom is 0.408 e. The number of alkyl carbamates (subject to hydrolysis) is 1. The number of amides is 3. The van der Waals surface area contributed by atoms with Gasteiger partial charge in [0.05, 0.1) is 24.4 Å². The van der Waals surface area contributed by atoms with Crippen LogP contribution in [0.5, 0.6) is 0 Å². The average molecular weight is 690 g/mol. The van der Waals surface area contributed by atoms with Gasteiger partial charge in [-0.2, -0.15) is 0 Å². The molecule has 5 aromatic rings. The zero-order valence-corrected chi connectivity index (χ0v) is 28.2. The van der Waals surface area contributed by atoms with Crippen LogP contribution in [-0.2, 0) is 32.9 Å². The number of benzene rings is 5. The van der Waals surface area contributed by atoms with E-state index in [2.05, 4.69) is 5.32 Å². The van der Waals surface area contributed by atoms with Gasteiger partial charge in [-0.25, -0.2) is 4.79 Å². The molecule has 0 fully saturated rings. The maximum atomic E-state index is 15.2. The van der Waals surface area contributed by atoms with Gasteiger partial charge in [0.2, 0.25) is 11.8 Å². The third kappa shape index (κ3) is 8.40. The maximum absolute atomic E-state index is 15.2. The molecule has 0 radical (unpaired) electrons. The Morgan fingerprint density at radius 3 is 1.54 bits per heavy atom. The number of carbonyl (C=O) groups excluding carboxylic acids is 3. The van der Waals surface area contributed by atoms with Crippen molar-refractivity contribution in [2.24, 2.45) is 5.73 Å². The van der Waals surface area contributed by atoms with E-state index in [1.807, 2.05) is 140 Å². The summed E-state index contributed by atoms with van der Waals surface area (Å²) in [6.07, 6.45) is -2.40. The number of ether oxygens (including phenoxy) is 1. The van der Waals surface area contributed by atoms with Crippen LogP contribution < -0.4 is 11.1 Å². The summed E-state index contributed by atoms with van der Waals surface area (Å²) in [5.74, 6) is -1.66. The number of aliphatic hydroxyl groups is 1. The lowest BCUT2D eigenvalue weighted by molar-refractivity contribution is -0.143. The van der Waals surface area contributed by atoms with Crippen molar-refractivity contribution in [1.82, 2.24) is 10.2 Å². The highest BCUT2D eigenvalue weighted by molar-refractivity contribution is 6.18. The molecule has 0 spiro atoms. The molecule has 1 unspecified atom stereocenters. The Bertz CT molecular complexity index is 1720. The van der Waals surface area contributed by atoms with E-state index < -0.39 is 48.1 Å². The number of nitrogens with zero attached hydrogens (tertiary/aromatic N) is 1. The molecule has 50 heavy (non-hydrogen) atoms. The minimum absolute atomic E-state index is 0.0432. The lowest BCUT2D eigenvalue weighted by Crippen LogP contribution is -2.61. The van der Waals surface area contributed by atoms with Crippen molar-refractivity contribution < 1.29 is 24.2 Å². The second-order valence-corrected chi connectivity index (χ2v) is 12.2. The first kappa shape index (κ1) is 35.9. The normalized spacial score (nSPS) is 13.0. The minimum Gasteiger partial charge on any atom is -0.445 e. The Hall–Kier alpha value is -5.44. The van der Waals surface area contributed by atoms with Crippen LogP contribution in [0.25, 0.3) is 0 Å². The number of rotatable bonds is 15. The number of nitrogens with one attached hydrogen (secondary N) is 1. The topological polar surface area (TPSA) is 122 Å². The Labute approximate surface area is 297 Å². The number of carbonyl (C=O) groups is 3. The van der Waals surface area contributed by atoms with Crippen molar-refractivity contribution >= 4 is 29.5 Å². The molecule has 0 heterocycles. The third-order valence-corrected chi connectivity index (χ3v) is 8.97. The third-order valence-electron chi connectivity index (χ3n) is 8.65. The second kappa shape index (κ2) is 17.3. The summed E-state index contributed by atoms with van der Waals surface area (Å²) in [5.41, 5.74) is 8.28. The van der Waals surface area contributed by atoms with Gasteiger partial charge >= 0.3 is 6.09 Å². The van der Waals surface area contributed by atoms with Crippen molar-refractivity contribution in [3.8, 4) is 0 Å². The zero-order valence-electron chi connectivity index (χ0n) is 27.5. The van der Waals surface area contributed by atoms with Crippen LogP contribution in [0.4, 0.5) is 4.79 Å². The first-order valence-electron chi connectivity index (χ1n) is 16.4. The van der Waals surface area contributed by atoms with Crippen molar-refractivity contribution in [1.29, 1.82) is 0 Å². The molecule has 0 saturated carbocycles. The van der Waals surface area contributed by atoms with Crippen LogP contribution in [0.2, 0.25) is 0 Å². The first-order chi connectivity index (χ1) is 24.3. The molecule has 0 bridgehead atoms. The molecule has 0 aliphatic rings. The molecule has 0 aliphatic heterocycles. The van der Waals surface area contributed by atoms with Crippen molar-refractivity contribution in [3.63, 3.8) is 0 Å². The summed E-state index contributed by atoms with van der Waals surface area (Å²) in [6, 6.07) is 44.8. The van der Waals surface area contributed by atoms with Gasteiger partial charge in [0, 0.05) is 0 Å². The van der Waals surface area contributed by atoms with Crippen LogP contribution in [-0.4, -0.2) is 52.0 Å². The number of hydrogen-bond acceptors (Lipinski definition) is 5. The highest BCUT2D eigenvalue weighted by atomic mass is 35.5. The molecule has 5 rings (SSSR count). The van der Waals surface area contributed by atoms with E-state index in [-0.39, 0.29) is 18.9 Å². The number of primary amides is 1. The van der Waals surface area contributed by atoms with Crippen LogP contribution >= 0.6 is 11.6 Å². The molecule has 3 atom stereocenters. The minimum atomic E-state index is -1.43. The van der Waals surface area contributed by atoms with E-state index in [1.54, 1.807) is 17.0 Å². The number of nitrogens with two attached hydrogens (primary N) is 1. The standard InChI is InChI=1S/C41H40ClN3O5/c42-28-37(46)36(26-30-16-6-1-7-17-30)45(38(47)27-35(39(43)48)44-40(49)50-29-31-18-8-2-9-19-31)41(32-20-10-3-11-21-32,33-22-12-4-13-23-33)34-24-14-5-15-25-34/h1-25,35-37,46H,26-29H2,(H2,43,48)(H,44,49)/t35-,36-,37?/m0/s1. The summed E-state index contributed by atoms with van der Waals surface area (Å²) in [5, 5.41) is 14.3. The lowest BCUT2D eigenvalue weighted by Gasteiger charge is -2.50. The highest BCUT2D eigenvalue weighted by Gasteiger charge is 2.49. The molecule has 0 saturated heterocycles. The van der Waals surface area contributed by atoms with Crippen molar-refractivity contribution in [2.45, 2.75) is 43.2 Å². The summed E-state index contributed by atoms with van der Waals surface area (Å²) in [6.45, 7) is -0.0432. The van der Waals surface area contributed by atoms with Gasteiger partial charge in [0.15, 0.2) is 0 Å². The van der Waals surface area contributed by atoms with E-state index >= 15 is 4.79 Å². The number of aliphatic hydroxyl groups excluding tert-OH is 1. The average Bonchev–Trinajstić information content (AvgIpc) is 3.16. The van der Waals surface area contributed by atoms with Gasteiger partial charge in [-0.05, 0) is 34.2 Å². The van der Waals surface area contributed by atoms with E-state index in [0.717, 1.165) is 27.8 Å². The fourth-order valence-corrected chi connectivity index (χ4v) is 6.54. The molecule has 3 amide bonds. The predicted molar refractivity (Wildman–Crippen MR) is 194 cm³/mol. The quantitative estimate of drug-likeness (QED) is 0.0895. The van der Waals surface area contributed by atoms with Crippen molar-refractivity contribution in [2.75, 3.05) is 5.88 Å². The Kier molecular flexibility index (Phi) is 12.4. The molecule has 8 nitrogen and oxygen atoms in total. The molecule has 4 N–H and O–H groups in total. The fraction of sp³-hybridized carbons (Fsp3) is 0.195. The van der Waals surface area contributed by atoms with Gasteiger partial charge in [0.25, 0.3) is 0 Å². The van der Waals surface area contributed by atoms with Gasteiger partial charge in [0.1, 0.15) is 18.2 Å². The molecule has 0 aromatic heterocycles. The van der Waals surface area contributed by atoms with Crippen LogP contribution in [0.15, 0.2) is 152 Å². The summed E-state index contributed by atoms with van der Waals surface area (Å²) in [4.78, 5) is 42.7. The monoisotopic (exact) mass is 689 g/mol. The van der Waals surface area contributed by atoms with E-state index in [0.29, 0.717) is 0 Å². The van der Waals surface area contributed by atoms with E-state index in [4.69, 9.17) is 22.1 Å². The second-order valence-electron chi connectivity index (χ2n) is 11.9. The fourth-order valence-electron chi connectivity index (χ4n) is 6.34. The molecule has 256 valence electrons. The van der Waals surface area contributed by atoms with Crippen LogP contribution in [0, 0.1) is 0 Å². The van der Waals surface area contributed by atoms with E-state index in [9.17, 15) is 14.7 Å². The molecular weight excluding hydrogens is 650 g/mol. The molecule has 5 aromatic carbocycles. The van der Waals surface area contributed by atoms with Gasteiger partial charge in [-0.3, -0.25) is 9.59 Å². The highest BCUT2D eigenvalue weighted by Crippen LogP contribution is 2.45. The molecular formula is C41H40ClN3O5. The van der Waals surface area contributed by atoms with Crippen LogP contribution in [0.1, 0.15) is 34.2 Å². The number of alkyl halides is 1. The van der Waals surface area contributed by atoms with E-state index in [1.165, 1.54) is 0 Å². The van der Waals surface area contributed by atoms with Crippen LogP contribution in [0.3, 0.4) is 0 Å². The summed E-state index contributed by atoms with van der Waals surface area (Å²) in [7, 11) is 0. The zero-order chi connectivity index (χ0) is 35.3. The SMILES string of the molecule is NC(=O)[C@H](CC(=O)N([C@@H](Cc1ccccc1)C(O)CCl)C(c1ccccc1)(c1ccccc1)c1ccccc1)NC(=O)OCc1ccccc1. The predicted octanol–water partition coefficient (Wildman–Crippen LogP) is 6.19. The molecule has 0 aliphatic carbocycles. The van der Waals surface area contributed by atoms with Gasteiger partial charge < -0.3 is 25.8 Å². The number of hydrogen-bond donors (Lipinski definition) is 3. The Balaban J connectivity index is 1.67. The number of halogens is 1. The Morgan fingerprint density at radius 1 is 0.700 bits per heavy atom. The first-order valence-corrected chi connectivity index (χ1v) is 16.9. The lowest BCUT2D eigenvalue weighted by atomic mass is 9.73. The molecule has 9 heteroatoms.